The lowest BCUT2D eigenvalue weighted by molar-refractivity contribution is 0.0598. The number of hydrogen-bond donors (Lipinski definition) is 1. The van der Waals surface area contributed by atoms with Crippen molar-refractivity contribution in [2.24, 2.45) is 0 Å². The van der Waals surface area contributed by atoms with Crippen molar-refractivity contribution in [1.29, 1.82) is 0 Å². The number of benzene rings is 2. The number of carbonyl (C=O) groups is 3. The molecule has 0 saturated heterocycles. The largest absolute Gasteiger partial charge is 0.465 e. The summed E-state index contributed by atoms with van der Waals surface area (Å²) in [5.41, 5.74) is 0.268. The number of hydrogen-bond acceptors (Lipinski definition) is 8. The van der Waals surface area contributed by atoms with Gasteiger partial charge in [-0.1, -0.05) is 18.2 Å². The molecule has 0 aliphatic rings. The Kier molecular flexibility index (Phi) is 6.74. The van der Waals surface area contributed by atoms with E-state index in [1.165, 1.54) is 56.9 Å². The molecule has 166 valence electrons. The fourth-order valence-corrected chi connectivity index (χ4v) is 4.30. The number of carbonyl (C=O) groups excluding carboxylic acids is 3. The summed E-state index contributed by atoms with van der Waals surface area (Å²) in [7, 11) is -1.37. The smallest absolute Gasteiger partial charge is 0.337 e. The molecular formula is C22H19NO8S. The molecule has 0 fully saturated rings. The van der Waals surface area contributed by atoms with Crippen LogP contribution in [0, 0.1) is 0 Å². The molecule has 9 nitrogen and oxygen atoms in total. The molecule has 10 heteroatoms. The molecule has 0 radical (unpaired) electrons. The molecule has 3 rings (SSSR count). The molecule has 1 heterocycles. The van der Waals surface area contributed by atoms with E-state index >= 15 is 0 Å². The van der Waals surface area contributed by atoms with Crippen molar-refractivity contribution in [3.05, 3.63) is 83.3 Å². The van der Waals surface area contributed by atoms with Gasteiger partial charge >= 0.3 is 11.9 Å². The molecule has 1 amide bonds. The Morgan fingerprint density at radius 1 is 0.906 bits per heavy atom. The highest BCUT2D eigenvalue weighted by molar-refractivity contribution is 7.90. The van der Waals surface area contributed by atoms with Gasteiger partial charge < -0.3 is 19.2 Å². The summed E-state index contributed by atoms with van der Waals surface area (Å²) >= 11 is 0. The molecule has 1 aromatic heterocycles. The summed E-state index contributed by atoms with van der Waals surface area (Å²) in [5, 5.41) is 2.51. The van der Waals surface area contributed by atoms with Crippen LogP contribution < -0.4 is 5.32 Å². The van der Waals surface area contributed by atoms with E-state index in [0.717, 1.165) is 0 Å². The number of nitrogens with one attached hydrogen (secondary N) is 1. The fraction of sp³-hybridized carbons (Fsp3) is 0.136. The first-order valence-electron chi connectivity index (χ1n) is 9.22. The molecule has 3 aromatic rings. The quantitative estimate of drug-likeness (QED) is 0.536. The summed E-state index contributed by atoms with van der Waals surface area (Å²) in [6.45, 7) is 0. The lowest BCUT2D eigenvalue weighted by Gasteiger charge is -2.10. The Bertz CT molecular complexity index is 1230. The van der Waals surface area contributed by atoms with Gasteiger partial charge in [-0.25, -0.2) is 18.0 Å². The van der Waals surface area contributed by atoms with Gasteiger partial charge in [-0.3, -0.25) is 4.79 Å². The van der Waals surface area contributed by atoms with Crippen molar-refractivity contribution in [3.8, 4) is 0 Å². The van der Waals surface area contributed by atoms with E-state index in [9.17, 15) is 22.8 Å². The van der Waals surface area contributed by atoms with Crippen molar-refractivity contribution in [1.82, 2.24) is 0 Å². The Morgan fingerprint density at radius 3 is 2.06 bits per heavy atom. The van der Waals surface area contributed by atoms with Gasteiger partial charge in [0.1, 0.15) is 0 Å². The van der Waals surface area contributed by atoms with Crippen molar-refractivity contribution in [3.63, 3.8) is 0 Å². The third kappa shape index (κ3) is 5.03. The van der Waals surface area contributed by atoms with Crippen LogP contribution in [0.1, 0.15) is 36.8 Å². The summed E-state index contributed by atoms with van der Waals surface area (Å²) < 4.78 is 39.9. The highest BCUT2D eigenvalue weighted by atomic mass is 32.2. The Labute approximate surface area is 183 Å². The molecule has 32 heavy (non-hydrogen) atoms. The minimum absolute atomic E-state index is 0.0111. The molecule has 0 saturated carbocycles. The fourth-order valence-electron chi connectivity index (χ4n) is 2.92. The Morgan fingerprint density at radius 2 is 1.50 bits per heavy atom. The second-order valence-corrected chi connectivity index (χ2v) is 8.57. The average Bonchev–Trinajstić information content (AvgIpc) is 3.25. The van der Waals surface area contributed by atoms with Gasteiger partial charge in [-0.2, -0.15) is 0 Å². The van der Waals surface area contributed by atoms with Crippen LogP contribution in [0.15, 0.2) is 70.2 Å². The SMILES string of the molecule is COC(=O)c1cc(NC(=O)c2occc2CS(=O)(=O)c2ccccc2)cc(C(=O)OC)c1. The van der Waals surface area contributed by atoms with E-state index in [4.69, 9.17) is 4.42 Å². The number of amides is 1. The predicted molar refractivity (Wildman–Crippen MR) is 113 cm³/mol. The number of sulfone groups is 1. The van der Waals surface area contributed by atoms with Gasteiger partial charge in [0.05, 0.1) is 42.3 Å². The molecule has 0 aliphatic carbocycles. The monoisotopic (exact) mass is 457 g/mol. The van der Waals surface area contributed by atoms with Gasteiger partial charge in [0.2, 0.25) is 0 Å². The maximum absolute atomic E-state index is 12.8. The number of ether oxygens (including phenoxy) is 2. The van der Waals surface area contributed by atoms with Gasteiger partial charge in [0, 0.05) is 11.3 Å². The van der Waals surface area contributed by atoms with E-state index in [-0.39, 0.29) is 33.0 Å². The number of esters is 2. The third-order valence-electron chi connectivity index (χ3n) is 4.43. The normalized spacial score (nSPS) is 10.9. The van der Waals surface area contributed by atoms with E-state index in [2.05, 4.69) is 14.8 Å². The topological polar surface area (TPSA) is 129 Å². The zero-order chi connectivity index (χ0) is 23.3. The molecule has 2 aromatic carbocycles. The van der Waals surface area contributed by atoms with E-state index in [1.807, 2.05) is 0 Å². The second kappa shape index (κ2) is 9.48. The second-order valence-electron chi connectivity index (χ2n) is 6.58. The number of anilines is 1. The molecular weight excluding hydrogens is 438 g/mol. The van der Waals surface area contributed by atoms with Crippen LogP contribution in [-0.4, -0.2) is 40.5 Å². The van der Waals surface area contributed by atoms with E-state index in [1.54, 1.807) is 18.2 Å². The number of furan rings is 1. The maximum atomic E-state index is 12.8. The highest BCUT2D eigenvalue weighted by Crippen LogP contribution is 2.22. The lowest BCUT2D eigenvalue weighted by atomic mass is 10.1. The molecule has 1 N–H and O–H groups in total. The highest BCUT2D eigenvalue weighted by Gasteiger charge is 2.23. The first-order valence-corrected chi connectivity index (χ1v) is 10.9. The zero-order valence-electron chi connectivity index (χ0n) is 17.2. The first-order chi connectivity index (χ1) is 15.2. The number of rotatable bonds is 7. The van der Waals surface area contributed by atoms with Crippen LogP contribution in [0.3, 0.4) is 0 Å². The molecule has 0 spiro atoms. The number of methoxy groups -OCH3 is 2. The first kappa shape index (κ1) is 22.8. The molecule has 0 atom stereocenters. The van der Waals surface area contributed by atoms with Crippen LogP contribution in [0.5, 0.6) is 0 Å². The van der Waals surface area contributed by atoms with Gasteiger partial charge in [-0.05, 0) is 36.4 Å². The van der Waals surface area contributed by atoms with Crippen molar-refractivity contribution >= 4 is 33.4 Å². The lowest BCUT2D eigenvalue weighted by Crippen LogP contribution is -2.16. The Hall–Kier alpha value is -3.92. The average molecular weight is 457 g/mol. The molecule has 0 bridgehead atoms. The Balaban J connectivity index is 1.88. The van der Waals surface area contributed by atoms with E-state index < -0.39 is 33.4 Å². The van der Waals surface area contributed by atoms with Crippen LogP contribution in [0.2, 0.25) is 0 Å². The summed E-state index contributed by atoms with van der Waals surface area (Å²) in [6.07, 6.45) is 1.20. The van der Waals surface area contributed by atoms with Crippen LogP contribution >= 0.6 is 0 Å². The minimum Gasteiger partial charge on any atom is -0.465 e. The predicted octanol–water partition coefficient (Wildman–Crippen LogP) is 3.08. The van der Waals surface area contributed by atoms with Crippen molar-refractivity contribution < 1.29 is 36.7 Å². The van der Waals surface area contributed by atoms with Crippen LogP contribution in [0.4, 0.5) is 5.69 Å². The van der Waals surface area contributed by atoms with Gasteiger partial charge in [0.25, 0.3) is 5.91 Å². The molecule has 0 aliphatic heterocycles. The zero-order valence-corrected chi connectivity index (χ0v) is 18.0. The summed E-state index contributed by atoms with van der Waals surface area (Å²) in [4.78, 5) is 36.7. The van der Waals surface area contributed by atoms with Crippen molar-refractivity contribution in [2.45, 2.75) is 10.6 Å². The molecule has 0 unspecified atom stereocenters. The van der Waals surface area contributed by atoms with Gasteiger partial charge in [0.15, 0.2) is 15.6 Å². The standard InChI is InChI=1S/C22H19NO8S/c1-29-21(25)15-10-16(22(26)30-2)12-17(11-15)23-20(24)19-14(8-9-31-19)13-32(27,28)18-6-4-3-5-7-18/h3-12H,13H2,1-2H3,(H,23,24). The van der Waals surface area contributed by atoms with Crippen LogP contribution in [0.25, 0.3) is 0 Å². The van der Waals surface area contributed by atoms with Crippen molar-refractivity contribution in [2.75, 3.05) is 19.5 Å². The maximum Gasteiger partial charge on any atom is 0.337 e. The van der Waals surface area contributed by atoms with Gasteiger partial charge in [-0.15, -0.1) is 0 Å². The van der Waals surface area contributed by atoms with E-state index in [0.29, 0.717) is 0 Å². The minimum atomic E-state index is -3.72. The third-order valence-corrected chi connectivity index (χ3v) is 6.12. The van der Waals surface area contributed by atoms with Crippen LogP contribution in [-0.2, 0) is 25.1 Å². The summed E-state index contributed by atoms with van der Waals surface area (Å²) in [5.74, 6) is -2.87. The summed E-state index contributed by atoms with van der Waals surface area (Å²) in [6, 6.07) is 13.1.